The van der Waals surface area contributed by atoms with Crippen LogP contribution in [0.1, 0.15) is 57.0 Å². The molecule has 0 aliphatic carbocycles. The Bertz CT molecular complexity index is 1130. The standard InChI is InChI=1S/C21H26ClF3N4O4S/c1-4-5-6-9-34(31,32)28-19(30)8-7-16-11-20(33-14(2)3)27-29(16)13-18-17(22)10-15(12-26-18)21(23,24)25/h7-8,10-12,14H,4-6,9,13H2,1-3H3,(H,28,30)/b8-7+. The van der Waals surface area contributed by atoms with Crippen molar-refractivity contribution in [3.63, 3.8) is 0 Å². The van der Waals surface area contributed by atoms with Crippen LogP contribution >= 0.6 is 11.6 Å². The molecule has 1 amide bonds. The van der Waals surface area contributed by atoms with E-state index in [1.165, 1.54) is 16.8 Å². The summed E-state index contributed by atoms with van der Waals surface area (Å²) in [5, 5.41) is 4.03. The van der Waals surface area contributed by atoms with Gasteiger partial charge in [-0.05, 0) is 32.4 Å². The summed E-state index contributed by atoms with van der Waals surface area (Å²) in [5.41, 5.74) is -0.541. The molecule has 0 bridgehead atoms. The van der Waals surface area contributed by atoms with E-state index in [0.29, 0.717) is 18.3 Å². The second kappa shape index (κ2) is 11.7. The molecule has 2 aromatic heterocycles. The Kier molecular flexibility index (Phi) is 9.51. The summed E-state index contributed by atoms with van der Waals surface area (Å²) in [6.07, 6.45) is 0.201. The van der Waals surface area contributed by atoms with Gasteiger partial charge in [-0.25, -0.2) is 13.1 Å². The van der Waals surface area contributed by atoms with Crippen LogP contribution in [-0.4, -0.2) is 40.9 Å². The van der Waals surface area contributed by atoms with Gasteiger partial charge < -0.3 is 4.74 Å². The second-order valence-corrected chi connectivity index (χ2v) is 9.96. The lowest BCUT2D eigenvalue weighted by Crippen LogP contribution is -2.31. The number of nitrogens with one attached hydrogen (secondary N) is 1. The summed E-state index contributed by atoms with van der Waals surface area (Å²) in [5.74, 6) is -0.811. The van der Waals surface area contributed by atoms with E-state index in [1.807, 2.05) is 11.6 Å². The minimum Gasteiger partial charge on any atom is -0.474 e. The van der Waals surface area contributed by atoms with Crippen molar-refractivity contribution in [2.24, 2.45) is 0 Å². The molecule has 0 fully saturated rings. The third-order valence-corrected chi connectivity index (χ3v) is 6.03. The lowest BCUT2D eigenvalue weighted by Gasteiger charge is -2.10. The maximum Gasteiger partial charge on any atom is 0.417 e. The fourth-order valence-electron chi connectivity index (χ4n) is 2.79. The van der Waals surface area contributed by atoms with Crippen molar-refractivity contribution in [1.82, 2.24) is 19.5 Å². The molecule has 8 nitrogen and oxygen atoms in total. The number of hydrogen-bond acceptors (Lipinski definition) is 6. The van der Waals surface area contributed by atoms with E-state index < -0.39 is 27.7 Å². The lowest BCUT2D eigenvalue weighted by molar-refractivity contribution is -0.137. The van der Waals surface area contributed by atoms with Gasteiger partial charge in [0.1, 0.15) is 0 Å². The third-order valence-electron chi connectivity index (χ3n) is 4.37. The van der Waals surface area contributed by atoms with Crippen LogP contribution in [0.25, 0.3) is 6.08 Å². The summed E-state index contributed by atoms with van der Waals surface area (Å²) in [6, 6.07) is 2.27. The van der Waals surface area contributed by atoms with Crippen LogP contribution < -0.4 is 9.46 Å². The highest BCUT2D eigenvalue weighted by atomic mass is 35.5. The molecule has 2 aromatic rings. The van der Waals surface area contributed by atoms with Crippen LogP contribution in [0, 0.1) is 0 Å². The van der Waals surface area contributed by atoms with Gasteiger partial charge in [0.25, 0.3) is 5.91 Å². The smallest absolute Gasteiger partial charge is 0.417 e. The topological polar surface area (TPSA) is 103 Å². The highest BCUT2D eigenvalue weighted by Crippen LogP contribution is 2.31. The molecule has 0 spiro atoms. The van der Waals surface area contributed by atoms with Crippen LogP contribution in [0.15, 0.2) is 24.4 Å². The number of pyridine rings is 1. The van der Waals surface area contributed by atoms with Gasteiger partial charge >= 0.3 is 6.18 Å². The molecule has 0 radical (unpaired) electrons. The van der Waals surface area contributed by atoms with E-state index in [-0.39, 0.29) is 35.0 Å². The van der Waals surface area contributed by atoms with Crippen LogP contribution in [0.3, 0.4) is 0 Å². The van der Waals surface area contributed by atoms with Gasteiger partial charge in [0, 0.05) is 18.3 Å². The Labute approximate surface area is 201 Å². The second-order valence-electron chi connectivity index (χ2n) is 7.71. The van der Waals surface area contributed by atoms with Crippen molar-refractivity contribution < 1.29 is 31.1 Å². The van der Waals surface area contributed by atoms with E-state index >= 15 is 0 Å². The van der Waals surface area contributed by atoms with Gasteiger partial charge in [0.15, 0.2) is 0 Å². The third kappa shape index (κ3) is 8.64. The molecule has 13 heteroatoms. The number of ether oxygens (including phenoxy) is 1. The number of hydrogen-bond donors (Lipinski definition) is 1. The Balaban J connectivity index is 2.24. The number of alkyl halides is 3. The van der Waals surface area contributed by atoms with E-state index in [4.69, 9.17) is 16.3 Å². The Hall–Kier alpha value is -2.60. The lowest BCUT2D eigenvalue weighted by atomic mass is 10.2. The first kappa shape index (κ1) is 27.6. The van der Waals surface area contributed by atoms with Gasteiger partial charge in [0.05, 0.1) is 40.4 Å². The van der Waals surface area contributed by atoms with Gasteiger partial charge in [-0.2, -0.15) is 13.2 Å². The fraction of sp³-hybridized carbons (Fsp3) is 0.476. The first-order chi connectivity index (χ1) is 15.8. The number of aromatic nitrogens is 3. The molecule has 0 aromatic carbocycles. The number of unbranched alkanes of at least 4 members (excludes halogenated alkanes) is 2. The summed E-state index contributed by atoms with van der Waals surface area (Å²) < 4.78 is 71.4. The minimum atomic E-state index is -4.59. The molecule has 2 heterocycles. The molecular formula is C21H26ClF3N4O4S. The molecule has 2 rings (SSSR count). The number of carbonyl (C=O) groups is 1. The summed E-state index contributed by atoms with van der Waals surface area (Å²) in [4.78, 5) is 15.9. The average molecular weight is 523 g/mol. The normalized spacial score (nSPS) is 12.5. The molecule has 0 saturated heterocycles. The zero-order valence-corrected chi connectivity index (χ0v) is 20.5. The predicted octanol–water partition coefficient (Wildman–Crippen LogP) is 4.44. The SMILES string of the molecule is CCCCCS(=O)(=O)NC(=O)/C=C/c1cc(OC(C)C)nn1Cc1ncc(C(F)(F)F)cc1Cl. The molecule has 1 N–H and O–H groups in total. The van der Waals surface area contributed by atoms with E-state index in [1.54, 1.807) is 13.8 Å². The molecule has 34 heavy (non-hydrogen) atoms. The van der Waals surface area contributed by atoms with Crippen molar-refractivity contribution in [2.75, 3.05) is 5.75 Å². The average Bonchev–Trinajstić information content (AvgIpc) is 3.07. The molecule has 0 atom stereocenters. The minimum absolute atomic E-state index is 0.116. The molecule has 0 saturated carbocycles. The molecule has 0 aliphatic heterocycles. The van der Waals surface area contributed by atoms with Crippen molar-refractivity contribution in [1.29, 1.82) is 0 Å². The quantitative estimate of drug-likeness (QED) is 0.346. The van der Waals surface area contributed by atoms with Crippen molar-refractivity contribution >= 4 is 33.6 Å². The number of sulfonamides is 1. The number of amides is 1. The van der Waals surface area contributed by atoms with Crippen molar-refractivity contribution in [3.05, 3.63) is 46.4 Å². The number of rotatable bonds is 11. The number of nitrogens with zero attached hydrogens (tertiary/aromatic N) is 3. The zero-order valence-electron chi connectivity index (χ0n) is 18.9. The first-order valence-electron chi connectivity index (χ1n) is 10.5. The summed E-state index contributed by atoms with van der Waals surface area (Å²) in [7, 11) is -3.77. The van der Waals surface area contributed by atoms with Crippen LogP contribution in [-0.2, 0) is 27.5 Å². The van der Waals surface area contributed by atoms with E-state index in [0.717, 1.165) is 25.0 Å². The molecular weight excluding hydrogens is 497 g/mol. The summed E-state index contributed by atoms with van der Waals surface area (Å²) >= 11 is 6.00. The van der Waals surface area contributed by atoms with E-state index in [2.05, 4.69) is 10.1 Å². The highest BCUT2D eigenvalue weighted by molar-refractivity contribution is 7.90. The summed E-state index contributed by atoms with van der Waals surface area (Å²) in [6.45, 7) is 5.37. The fourth-order valence-corrected chi connectivity index (χ4v) is 4.07. The molecule has 0 unspecified atom stereocenters. The van der Waals surface area contributed by atoms with Crippen LogP contribution in [0.4, 0.5) is 13.2 Å². The molecule has 188 valence electrons. The monoisotopic (exact) mass is 522 g/mol. The van der Waals surface area contributed by atoms with Crippen molar-refractivity contribution in [2.45, 2.75) is 58.9 Å². The zero-order chi connectivity index (χ0) is 25.5. The van der Waals surface area contributed by atoms with Gasteiger partial charge in [-0.3, -0.25) is 14.5 Å². The van der Waals surface area contributed by atoms with Gasteiger partial charge in [-0.15, -0.1) is 5.10 Å². The van der Waals surface area contributed by atoms with Gasteiger partial charge in [-0.1, -0.05) is 31.4 Å². The maximum atomic E-state index is 12.9. The van der Waals surface area contributed by atoms with Gasteiger partial charge in [0.2, 0.25) is 15.9 Å². The number of carbonyl (C=O) groups excluding carboxylic acids is 1. The molecule has 0 aliphatic rings. The van der Waals surface area contributed by atoms with Crippen molar-refractivity contribution in [3.8, 4) is 5.88 Å². The van der Waals surface area contributed by atoms with E-state index in [9.17, 15) is 26.4 Å². The number of halogens is 4. The highest BCUT2D eigenvalue weighted by Gasteiger charge is 2.31. The Morgan fingerprint density at radius 3 is 2.59 bits per heavy atom. The van der Waals surface area contributed by atoms with Crippen LogP contribution in [0.2, 0.25) is 5.02 Å². The maximum absolute atomic E-state index is 12.9. The first-order valence-corrected chi connectivity index (χ1v) is 12.5. The Morgan fingerprint density at radius 2 is 2.00 bits per heavy atom. The van der Waals surface area contributed by atoms with Crippen LogP contribution in [0.5, 0.6) is 5.88 Å². The predicted molar refractivity (Wildman–Crippen MR) is 122 cm³/mol. The Morgan fingerprint density at radius 1 is 1.29 bits per heavy atom. The largest absolute Gasteiger partial charge is 0.474 e.